The van der Waals surface area contributed by atoms with E-state index in [0.29, 0.717) is 0 Å². The Bertz CT molecular complexity index is 2950. The van der Waals surface area contributed by atoms with Crippen molar-refractivity contribution in [2.45, 2.75) is 13.8 Å². The van der Waals surface area contributed by atoms with Crippen LogP contribution in [-0.4, -0.2) is 0 Å². The van der Waals surface area contributed by atoms with Gasteiger partial charge in [0.2, 0.25) is 0 Å². The van der Waals surface area contributed by atoms with E-state index in [2.05, 4.69) is 195 Å². The lowest BCUT2D eigenvalue weighted by atomic mass is 9.84. The number of nitrogens with zero attached hydrogens (tertiary/aromatic N) is 1. The molecule has 0 unspecified atom stereocenters. The maximum atomic E-state index is 2.47. The Hall–Kier alpha value is -6.44. The SMILES string of the molecule is Cc1ccc(C=Cc2ccc(N(c3ccc(C)cc3)c3c4ccccc4c4c5c3cccc5c3cccc5cc6ccccc6c4c53)cc2)cc1. The fraction of sp³-hybridized carbons (Fsp3) is 0.0400. The second-order valence-electron chi connectivity index (χ2n) is 13.9. The first-order valence-corrected chi connectivity index (χ1v) is 17.8. The van der Waals surface area contributed by atoms with Crippen LogP contribution in [0.15, 0.2) is 164 Å². The number of benzene rings is 10. The van der Waals surface area contributed by atoms with E-state index in [4.69, 9.17) is 0 Å². The van der Waals surface area contributed by atoms with Crippen molar-refractivity contribution in [1.29, 1.82) is 0 Å². The largest absolute Gasteiger partial charge is 0.309 e. The first-order chi connectivity index (χ1) is 25.1. The van der Waals surface area contributed by atoms with Gasteiger partial charge in [-0.2, -0.15) is 0 Å². The average molecular weight is 650 g/mol. The zero-order chi connectivity index (χ0) is 34.1. The summed E-state index contributed by atoms with van der Waals surface area (Å²) in [6, 6.07) is 60.6. The third-order valence-corrected chi connectivity index (χ3v) is 10.7. The summed E-state index contributed by atoms with van der Waals surface area (Å²) in [5.74, 6) is 0. The highest BCUT2D eigenvalue weighted by atomic mass is 15.1. The minimum atomic E-state index is 1.13. The molecular formula is C50H35N. The van der Waals surface area contributed by atoms with Gasteiger partial charge in [0.25, 0.3) is 0 Å². The molecule has 0 atom stereocenters. The third kappa shape index (κ3) is 4.70. The maximum Gasteiger partial charge on any atom is 0.0619 e. The van der Waals surface area contributed by atoms with E-state index in [1.807, 2.05) is 0 Å². The molecule has 10 aromatic rings. The van der Waals surface area contributed by atoms with Gasteiger partial charge in [0.1, 0.15) is 0 Å². The Kier molecular flexibility index (Phi) is 6.69. The third-order valence-electron chi connectivity index (χ3n) is 10.7. The van der Waals surface area contributed by atoms with E-state index in [0.717, 1.165) is 11.4 Å². The van der Waals surface area contributed by atoms with Crippen LogP contribution in [0.5, 0.6) is 0 Å². The molecule has 0 aliphatic heterocycles. The number of rotatable bonds is 5. The molecule has 0 aliphatic carbocycles. The first kappa shape index (κ1) is 29.5. The molecule has 0 heterocycles. The molecule has 0 spiro atoms. The van der Waals surface area contributed by atoms with E-state index < -0.39 is 0 Å². The van der Waals surface area contributed by atoms with Gasteiger partial charge in [0.15, 0.2) is 0 Å². The molecule has 0 bridgehead atoms. The molecular weight excluding hydrogens is 615 g/mol. The van der Waals surface area contributed by atoms with Gasteiger partial charge >= 0.3 is 0 Å². The lowest BCUT2D eigenvalue weighted by Gasteiger charge is -2.30. The van der Waals surface area contributed by atoms with Crippen LogP contribution in [0.3, 0.4) is 0 Å². The van der Waals surface area contributed by atoms with Gasteiger partial charge in [-0.25, -0.2) is 0 Å². The number of hydrogen-bond donors (Lipinski definition) is 0. The predicted octanol–water partition coefficient (Wildman–Crippen LogP) is 14.3. The Morgan fingerprint density at radius 1 is 0.353 bits per heavy atom. The van der Waals surface area contributed by atoms with E-state index >= 15 is 0 Å². The van der Waals surface area contributed by atoms with Crippen LogP contribution < -0.4 is 4.90 Å². The van der Waals surface area contributed by atoms with Crippen LogP contribution in [0.25, 0.3) is 76.8 Å². The van der Waals surface area contributed by atoms with E-state index in [1.165, 1.54) is 92.6 Å². The lowest BCUT2D eigenvalue weighted by Crippen LogP contribution is -2.11. The summed E-state index contributed by atoms with van der Waals surface area (Å²) in [6.07, 6.45) is 4.39. The molecule has 10 rings (SSSR count). The minimum Gasteiger partial charge on any atom is -0.309 e. The summed E-state index contributed by atoms with van der Waals surface area (Å²) in [4.78, 5) is 2.47. The smallest absolute Gasteiger partial charge is 0.0619 e. The highest BCUT2D eigenvalue weighted by Gasteiger charge is 2.24. The molecule has 10 aromatic carbocycles. The molecule has 0 saturated carbocycles. The predicted molar refractivity (Wildman–Crippen MR) is 222 cm³/mol. The van der Waals surface area contributed by atoms with Gasteiger partial charge < -0.3 is 4.90 Å². The summed E-state index contributed by atoms with van der Waals surface area (Å²) in [7, 11) is 0. The topological polar surface area (TPSA) is 3.24 Å². The number of anilines is 3. The van der Waals surface area contributed by atoms with Crippen LogP contribution in [0.1, 0.15) is 22.3 Å². The molecule has 0 saturated heterocycles. The van der Waals surface area contributed by atoms with Crippen molar-refractivity contribution in [3.05, 3.63) is 186 Å². The molecule has 1 heteroatoms. The molecule has 240 valence electrons. The Balaban J connectivity index is 1.29. The van der Waals surface area contributed by atoms with E-state index in [9.17, 15) is 0 Å². The summed E-state index contributed by atoms with van der Waals surface area (Å²) in [5.41, 5.74) is 8.35. The quantitative estimate of drug-likeness (QED) is 0.102. The molecule has 51 heavy (non-hydrogen) atoms. The van der Waals surface area contributed by atoms with Crippen LogP contribution in [-0.2, 0) is 0 Å². The summed E-state index contributed by atoms with van der Waals surface area (Å²) >= 11 is 0. The molecule has 0 N–H and O–H groups in total. The summed E-state index contributed by atoms with van der Waals surface area (Å²) in [5, 5.41) is 15.6. The average Bonchev–Trinajstić information content (AvgIpc) is 3.17. The van der Waals surface area contributed by atoms with Crippen molar-refractivity contribution < 1.29 is 0 Å². The fourth-order valence-corrected chi connectivity index (χ4v) is 8.24. The maximum absolute atomic E-state index is 2.47. The van der Waals surface area contributed by atoms with Gasteiger partial charge in [-0.3, -0.25) is 0 Å². The van der Waals surface area contributed by atoms with Crippen molar-refractivity contribution in [3.8, 4) is 0 Å². The normalized spacial score (nSPS) is 12.0. The van der Waals surface area contributed by atoms with Gasteiger partial charge in [0.05, 0.1) is 5.69 Å². The van der Waals surface area contributed by atoms with Crippen molar-refractivity contribution in [2.75, 3.05) is 4.90 Å². The Morgan fingerprint density at radius 3 is 1.51 bits per heavy atom. The number of fused-ring (bicyclic) bond motifs is 6. The number of hydrogen-bond acceptors (Lipinski definition) is 1. The molecule has 0 amide bonds. The molecule has 0 fully saturated rings. The van der Waals surface area contributed by atoms with E-state index in [-0.39, 0.29) is 0 Å². The van der Waals surface area contributed by atoms with Gasteiger partial charge in [-0.15, -0.1) is 0 Å². The summed E-state index contributed by atoms with van der Waals surface area (Å²) < 4.78 is 0. The van der Waals surface area contributed by atoms with Crippen LogP contribution in [0.2, 0.25) is 0 Å². The van der Waals surface area contributed by atoms with Gasteiger partial charge in [-0.05, 0) is 104 Å². The highest BCUT2D eigenvalue weighted by molar-refractivity contribution is 6.44. The lowest BCUT2D eigenvalue weighted by molar-refractivity contribution is 1.30. The van der Waals surface area contributed by atoms with Crippen molar-refractivity contribution in [3.63, 3.8) is 0 Å². The highest BCUT2D eigenvalue weighted by Crippen LogP contribution is 2.51. The monoisotopic (exact) mass is 649 g/mol. The Morgan fingerprint density at radius 2 is 0.804 bits per heavy atom. The fourth-order valence-electron chi connectivity index (χ4n) is 8.24. The second-order valence-corrected chi connectivity index (χ2v) is 13.9. The van der Waals surface area contributed by atoms with Gasteiger partial charge in [0, 0.05) is 27.5 Å². The van der Waals surface area contributed by atoms with Crippen LogP contribution in [0, 0.1) is 13.8 Å². The zero-order valence-corrected chi connectivity index (χ0v) is 28.7. The van der Waals surface area contributed by atoms with Crippen molar-refractivity contribution in [2.24, 2.45) is 0 Å². The molecule has 0 radical (unpaired) electrons. The van der Waals surface area contributed by atoms with E-state index in [1.54, 1.807) is 0 Å². The second kappa shape index (κ2) is 11.6. The standard InChI is InChI=1S/C50H35N/c1-32-17-21-34(22-18-32)23-24-35-25-29-39(30-26-35)51(38-27-19-33(2)20-28-38)50-44-13-6-5-12-43(44)49-47-42(15-8-16-45(47)50)41-14-7-10-37-31-36-9-3-4-11-40(36)48(49)46(37)41/h3-31H,1-2H3. The molecule has 0 aliphatic rings. The van der Waals surface area contributed by atoms with Crippen LogP contribution in [0.4, 0.5) is 17.1 Å². The summed E-state index contributed by atoms with van der Waals surface area (Å²) in [6.45, 7) is 4.28. The van der Waals surface area contributed by atoms with Crippen molar-refractivity contribution >= 4 is 93.8 Å². The first-order valence-electron chi connectivity index (χ1n) is 17.8. The minimum absolute atomic E-state index is 1.13. The van der Waals surface area contributed by atoms with Crippen molar-refractivity contribution in [1.82, 2.24) is 0 Å². The molecule has 0 aromatic heterocycles. The van der Waals surface area contributed by atoms with Crippen LogP contribution >= 0.6 is 0 Å². The Labute approximate surface area is 297 Å². The van der Waals surface area contributed by atoms with Gasteiger partial charge in [-0.1, -0.05) is 157 Å². The zero-order valence-electron chi connectivity index (χ0n) is 28.7. The molecule has 1 nitrogen and oxygen atoms in total. The number of aryl methyl sites for hydroxylation is 2.